The molecule has 1 aromatic carbocycles. The predicted octanol–water partition coefficient (Wildman–Crippen LogP) is 2.91. The van der Waals surface area contributed by atoms with E-state index in [4.69, 9.17) is 0 Å². The van der Waals surface area contributed by atoms with E-state index in [0.717, 1.165) is 7.11 Å². The topological polar surface area (TPSA) is 26.3 Å². The Morgan fingerprint density at radius 3 is 2.12 bits per heavy atom. The van der Waals surface area contributed by atoms with Crippen LogP contribution in [0.25, 0.3) is 0 Å². The van der Waals surface area contributed by atoms with Crippen LogP contribution in [0.5, 0.6) is 0 Å². The molecule has 8 heteroatoms. The van der Waals surface area contributed by atoms with Gasteiger partial charge >= 0.3 is 12.1 Å². The molecule has 0 amide bonds. The van der Waals surface area contributed by atoms with Crippen molar-refractivity contribution in [2.75, 3.05) is 7.11 Å². The fourth-order valence-corrected chi connectivity index (χ4v) is 1.09. The summed E-state index contributed by atoms with van der Waals surface area (Å²) in [6.07, 6.45) is -5.26. The van der Waals surface area contributed by atoms with Crippen LogP contribution in [0, 0.1) is 17.5 Å². The van der Waals surface area contributed by atoms with E-state index in [1.807, 2.05) is 0 Å². The van der Waals surface area contributed by atoms with Gasteiger partial charge in [-0.2, -0.15) is 13.2 Å². The van der Waals surface area contributed by atoms with Crippen LogP contribution in [0.15, 0.2) is 6.07 Å². The average Bonchev–Trinajstić information content (AvgIpc) is 2.21. The number of esters is 1. The zero-order chi connectivity index (χ0) is 13.4. The summed E-state index contributed by atoms with van der Waals surface area (Å²) in [6, 6.07) is -0.301. The highest BCUT2D eigenvalue weighted by Crippen LogP contribution is 2.34. The first-order valence-electron chi connectivity index (χ1n) is 4.03. The zero-order valence-corrected chi connectivity index (χ0v) is 8.16. The van der Waals surface area contributed by atoms with E-state index < -0.39 is 40.7 Å². The Kier molecular flexibility index (Phi) is 3.35. The zero-order valence-electron chi connectivity index (χ0n) is 8.16. The first kappa shape index (κ1) is 13.3. The quantitative estimate of drug-likeness (QED) is 0.440. The molecule has 0 unspecified atom stereocenters. The summed E-state index contributed by atoms with van der Waals surface area (Å²) in [5.41, 5.74) is -3.63. The molecule has 0 N–H and O–H groups in total. The number of alkyl halides is 3. The van der Waals surface area contributed by atoms with Crippen molar-refractivity contribution in [2.45, 2.75) is 6.18 Å². The average molecular weight is 258 g/mol. The monoisotopic (exact) mass is 258 g/mol. The Balaban J connectivity index is 3.53. The standard InChI is InChI=1S/C9H4F6O2/c1-17-8(16)5-4(10)2-3(9(13,14)15)6(11)7(5)12/h2H,1H3. The number of methoxy groups -OCH3 is 1. The number of carbonyl (C=O) groups is 1. The molecule has 0 aliphatic heterocycles. The van der Waals surface area contributed by atoms with Crippen molar-refractivity contribution in [3.63, 3.8) is 0 Å². The lowest BCUT2D eigenvalue weighted by Gasteiger charge is -2.11. The molecule has 2 nitrogen and oxygen atoms in total. The third kappa shape index (κ3) is 2.34. The Morgan fingerprint density at radius 2 is 1.71 bits per heavy atom. The maximum atomic E-state index is 13.1. The van der Waals surface area contributed by atoms with Crippen molar-refractivity contribution < 1.29 is 35.9 Å². The van der Waals surface area contributed by atoms with Gasteiger partial charge in [0.15, 0.2) is 11.6 Å². The number of benzene rings is 1. The number of hydrogen-bond donors (Lipinski definition) is 0. The lowest BCUT2D eigenvalue weighted by Crippen LogP contribution is -2.16. The van der Waals surface area contributed by atoms with Crippen LogP contribution in [0.1, 0.15) is 15.9 Å². The maximum Gasteiger partial charge on any atom is 0.419 e. The van der Waals surface area contributed by atoms with E-state index in [0.29, 0.717) is 0 Å². The summed E-state index contributed by atoms with van der Waals surface area (Å²) in [6.45, 7) is 0. The largest absolute Gasteiger partial charge is 0.465 e. The number of ether oxygens (including phenoxy) is 1. The highest BCUT2D eigenvalue weighted by atomic mass is 19.4. The van der Waals surface area contributed by atoms with Crippen molar-refractivity contribution in [1.29, 1.82) is 0 Å². The minimum absolute atomic E-state index is 0.301. The molecule has 0 aromatic heterocycles. The Morgan fingerprint density at radius 1 is 1.18 bits per heavy atom. The first-order chi connectivity index (χ1) is 7.70. The molecule has 0 saturated carbocycles. The summed E-state index contributed by atoms with van der Waals surface area (Å²) >= 11 is 0. The van der Waals surface area contributed by atoms with Gasteiger partial charge in [0.25, 0.3) is 0 Å². The molecule has 0 aliphatic carbocycles. The first-order valence-corrected chi connectivity index (χ1v) is 4.03. The number of hydrogen-bond acceptors (Lipinski definition) is 2. The number of halogens is 6. The number of carbonyl (C=O) groups excluding carboxylic acids is 1. The normalized spacial score (nSPS) is 11.5. The van der Waals surface area contributed by atoms with E-state index in [1.54, 1.807) is 0 Å². The molecular formula is C9H4F6O2. The highest BCUT2D eigenvalue weighted by molar-refractivity contribution is 5.90. The molecule has 17 heavy (non-hydrogen) atoms. The van der Waals surface area contributed by atoms with Gasteiger partial charge in [0.2, 0.25) is 0 Å². The predicted molar refractivity (Wildman–Crippen MR) is 42.7 cm³/mol. The molecule has 0 atom stereocenters. The fraction of sp³-hybridized carbons (Fsp3) is 0.222. The fourth-order valence-electron chi connectivity index (χ4n) is 1.09. The van der Waals surface area contributed by atoms with Crippen LogP contribution < -0.4 is 0 Å². The summed E-state index contributed by atoms with van der Waals surface area (Å²) in [4.78, 5) is 10.8. The van der Waals surface area contributed by atoms with Crippen molar-refractivity contribution >= 4 is 5.97 Å². The molecule has 94 valence electrons. The van der Waals surface area contributed by atoms with Crippen molar-refractivity contribution in [3.05, 3.63) is 34.6 Å². The van der Waals surface area contributed by atoms with Gasteiger partial charge < -0.3 is 4.74 Å². The minimum Gasteiger partial charge on any atom is -0.465 e. The van der Waals surface area contributed by atoms with E-state index >= 15 is 0 Å². The van der Waals surface area contributed by atoms with Crippen LogP contribution in [0.2, 0.25) is 0 Å². The lowest BCUT2D eigenvalue weighted by molar-refractivity contribution is -0.140. The molecule has 1 rings (SSSR count). The van der Waals surface area contributed by atoms with Crippen LogP contribution in [0.3, 0.4) is 0 Å². The summed E-state index contributed by atoms with van der Waals surface area (Å²) in [5, 5.41) is 0. The summed E-state index contributed by atoms with van der Waals surface area (Å²) in [7, 11) is 0.747. The van der Waals surface area contributed by atoms with Crippen molar-refractivity contribution in [3.8, 4) is 0 Å². The summed E-state index contributed by atoms with van der Waals surface area (Å²) in [5.74, 6) is -8.03. The molecule has 0 bridgehead atoms. The molecule has 0 fully saturated rings. The Hall–Kier alpha value is -1.73. The minimum atomic E-state index is -5.26. The molecule has 0 aliphatic rings. The Bertz CT molecular complexity index is 466. The second kappa shape index (κ2) is 4.27. The van der Waals surface area contributed by atoms with E-state index in [1.165, 1.54) is 0 Å². The third-order valence-corrected chi connectivity index (χ3v) is 1.85. The van der Waals surface area contributed by atoms with Crippen molar-refractivity contribution in [1.82, 2.24) is 0 Å². The SMILES string of the molecule is COC(=O)c1c(F)cc(C(F)(F)F)c(F)c1F. The van der Waals surface area contributed by atoms with Crippen LogP contribution >= 0.6 is 0 Å². The molecule has 0 heterocycles. The van der Waals surface area contributed by atoms with Gasteiger partial charge in [0, 0.05) is 0 Å². The third-order valence-electron chi connectivity index (χ3n) is 1.85. The van der Waals surface area contributed by atoms with Crippen LogP contribution in [-0.2, 0) is 10.9 Å². The molecule has 1 aromatic rings. The lowest BCUT2D eigenvalue weighted by atomic mass is 10.1. The van der Waals surface area contributed by atoms with Gasteiger partial charge in [-0.15, -0.1) is 0 Å². The summed E-state index contributed by atoms with van der Waals surface area (Å²) < 4.78 is 79.4. The molecule has 0 saturated heterocycles. The second-order valence-electron chi connectivity index (χ2n) is 2.90. The molecule has 0 spiro atoms. The van der Waals surface area contributed by atoms with Crippen LogP contribution in [-0.4, -0.2) is 13.1 Å². The Labute approximate surface area is 90.8 Å². The van der Waals surface area contributed by atoms with Gasteiger partial charge in [-0.25, -0.2) is 18.0 Å². The number of rotatable bonds is 1. The van der Waals surface area contributed by atoms with E-state index in [-0.39, 0.29) is 6.07 Å². The maximum absolute atomic E-state index is 13.1. The molecular weight excluding hydrogens is 254 g/mol. The smallest absolute Gasteiger partial charge is 0.419 e. The van der Waals surface area contributed by atoms with E-state index in [2.05, 4.69) is 4.74 Å². The highest BCUT2D eigenvalue weighted by Gasteiger charge is 2.38. The van der Waals surface area contributed by atoms with Gasteiger partial charge in [0.1, 0.15) is 11.4 Å². The van der Waals surface area contributed by atoms with Gasteiger partial charge in [-0.1, -0.05) is 0 Å². The van der Waals surface area contributed by atoms with Gasteiger partial charge in [-0.3, -0.25) is 0 Å². The van der Waals surface area contributed by atoms with Crippen molar-refractivity contribution in [2.24, 2.45) is 0 Å². The van der Waals surface area contributed by atoms with Gasteiger partial charge in [0.05, 0.1) is 12.7 Å². The van der Waals surface area contributed by atoms with Gasteiger partial charge in [-0.05, 0) is 6.07 Å². The van der Waals surface area contributed by atoms with E-state index in [9.17, 15) is 31.1 Å². The second-order valence-corrected chi connectivity index (χ2v) is 2.90. The molecule has 0 radical (unpaired) electrons. The van der Waals surface area contributed by atoms with Crippen LogP contribution in [0.4, 0.5) is 26.3 Å².